The maximum atomic E-state index is 14.3. The maximum absolute atomic E-state index is 14.3. The summed E-state index contributed by atoms with van der Waals surface area (Å²) in [4.78, 5) is -0.318. The number of halogens is 9. The van der Waals surface area contributed by atoms with Gasteiger partial charge in [-0.1, -0.05) is 48.5 Å². The van der Waals surface area contributed by atoms with Gasteiger partial charge in [0.15, 0.2) is 16.5 Å². The zero-order valence-corrected chi connectivity index (χ0v) is 17.5. The fraction of sp³-hybridized carbons (Fsp3) is 0.333. The van der Waals surface area contributed by atoms with Crippen molar-refractivity contribution in [3.05, 3.63) is 66.2 Å². The van der Waals surface area contributed by atoms with Crippen LogP contribution < -0.4 is 0 Å². The van der Waals surface area contributed by atoms with Crippen LogP contribution in [0.25, 0.3) is 0 Å². The maximum Gasteiger partial charge on any atom is 0.460 e. The minimum absolute atomic E-state index is 0.169. The molecule has 0 N–H and O–H groups in total. The predicted molar refractivity (Wildman–Crippen MR) is 97.7 cm³/mol. The molecule has 2 aromatic carbocycles. The Hall–Kier alpha value is -2.13. The third-order valence-corrected chi connectivity index (χ3v) is 7.31. The molecule has 2 atom stereocenters. The predicted octanol–water partition coefficient (Wildman–Crippen LogP) is 5.14. The second-order valence-electron chi connectivity index (χ2n) is 6.47. The molecule has 2 aromatic rings. The van der Waals surface area contributed by atoms with E-state index in [0.717, 1.165) is 24.3 Å². The van der Waals surface area contributed by atoms with Crippen LogP contribution in [-0.2, 0) is 31.5 Å². The molecule has 0 saturated heterocycles. The molecule has 0 aliphatic rings. The Morgan fingerprint density at radius 2 is 1.21 bits per heavy atom. The lowest BCUT2D eigenvalue weighted by molar-refractivity contribution is -0.382. The summed E-state index contributed by atoms with van der Waals surface area (Å²) in [5.41, 5.74) is -3.36. The van der Waals surface area contributed by atoms with E-state index >= 15 is 0 Å². The van der Waals surface area contributed by atoms with Crippen LogP contribution in [0.3, 0.4) is 0 Å². The Morgan fingerprint density at radius 3 is 1.67 bits per heavy atom. The van der Waals surface area contributed by atoms with Crippen molar-refractivity contribution >= 4 is 20.9 Å². The molecule has 2 rings (SSSR count). The van der Waals surface area contributed by atoms with Crippen molar-refractivity contribution in [1.82, 2.24) is 0 Å². The lowest BCUT2D eigenvalue weighted by Crippen LogP contribution is -2.64. The van der Waals surface area contributed by atoms with Gasteiger partial charge in [-0.05, 0) is 17.7 Å². The van der Waals surface area contributed by atoms with Gasteiger partial charge in [0.1, 0.15) is 0 Å². The van der Waals surface area contributed by atoms with Gasteiger partial charge in [-0.15, -0.1) is 0 Å². The molecule has 0 amide bonds. The highest BCUT2D eigenvalue weighted by atomic mass is 32.2. The molecule has 0 aromatic heterocycles. The van der Waals surface area contributed by atoms with Gasteiger partial charge in [0.25, 0.3) is 0 Å². The molecule has 0 saturated carbocycles. The van der Waals surface area contributed by atoms with Crippen LogP contribution in [0.4, 0.5) is 39.5 Å². The van der Waals surface area contributed by atoms with E-state index in [4.69, 9.17) is 0 Å². The molecule has 15 heteroatoms. The first-order chi connectivity index (χ1) is 15.0. The van der Waals surface area contributed by atoms with E-state index in [1.54, 1.807) is 0 Å². The van der Waals surface area contributed by atoms with Gasteiger partial charge in [-0.25, -0.2) is 12.6 Å². The Kier molecular flexibility index (Phi) is 7.60. The number of hydrogen-bond donors (Lipinski definition) is 0. The Morgan fingerprint density at radius 1 is 0.758 bits per heavy atom. The summed E-state index contributed by atoms with van der Waals surface area (Å²) in [7, 11) is -6.98. The second kappa shape index (κ2) is 9.25. The van der Waals surface area contributed by atoms with Crippen LogP contribution in [0.5, 0.6) is 0 Å². The summed E-state index contributed by atoms with van der Waals surface area (Å²) in [6, 6.07) is 12.2. The number of hydrogen-bond acceptors (Lipinski definition) is 4. The largest absolute Gasteiger partial charge is 0.460 e. The molecule has 0 aliphatic carbocycles. The highest BCUT2D eigenvalue weighted by Crippen LogP contribution is 2.55. The van der Waals surface area contributed by atoms with E-state index in [0.29, 0.717) is 0 Å². The van der Waals surface area contributed by atoms with E-state index in [1.165, 1.54) is 36.4 Å². The molecule has 0 heterocycles. The first-order valence-electron chi connectivity index (χ1n) is 8.58. The number of benzene rings is 2. The Bertz CT molecular complexity index is 1070. The molecule has 0 fully saturated rings. The molecule has 0 aliphatic heterocycles. The van der Waals surface area contributed by atoms with Crippen molar-refractivity contribution in [2.24, 2.45) is 0 Å². The average Bonchev–Trinajstić information content (AvgIpc) is 2.73. The van der Waals surface area contributed by atoms with Gasteiger partial charge < -0.3 is 0 Å². The lowest BCUT2D eigenvalue weighted by Gasteiger charge is -2.34. The summed E-state index contributed by atoms with van der Waals surface area (Å²) in [6.45, 7) is 0. The molecule has 0 bridgehead atoms. The van der Waals surface area contributed by atoms with E-state index < -0.39 is 56.1 Å². The van der Waals surface area contributed by atoms with Crippen molar-refractivity contribution in [1.29, 1.82) is 0 Å². The van der Waals surface area contributed by atoms with E-state index in [-0.39, 0.29) is 10.5 Å². The van der Waals surface area contributed by atoms with Crippen molar-refractivity contribution in [3.8, 4) is 0 Å². The zero-order valence-electron chi connectivity index (χ0n) is 15.9. The van der Waals surface area contributed by atoms with Gasteiger partial charge in [-0.2, -0.15) is 39.5 Å². The van der Waals surface area contributed by atoms with Crippen molar-refractivity contribution in [2.75, 3.05) is 0 Å². The summed E-state index contributed by atoms with van der Waals surface area (Å²) >= 11 is -2.90. The normalized spacial score (nSPS) is 15.8. The standard InChI is InChI=1S/C18H13F9O4S2/c19-15(20,17(23,24)25)16(21,22)18(26,27)33(29,30)14(11-12-7-3-1-4-8-12)31-32(28)13-9-5-2-6-10-13/h1-10,14H,11H2. The molecular weight excluding hydrogens is 515 g/mol. The minimum Gasteiger partial charge on any atom is -0.266 e. The van der Waals surface area contributed by atoms with Crippen LogP contribution in [0.2, 0.25) is 0 Å². The third-order valence-electron chi connectivity index (χ3n) is 4.19. The Labute approximate surface area is 183 Å². The fourth-order valence-corrected chi connectivity index (χ4v) is 5.00. The number of alkyl halides is 9. The molecular formula is C18H13F9O4S2. The number of sulfone groups is 1. The van der Waals surface area contributed by atoms with Gasteiger partial charge in [0, 0.05) is 6.42 Å². The summed E-state index contributed by atoms with van der Waals surface area (Å²) < 4.78 is 161. The van der Waals surface area contributed by atoms with Crippen molar-refractivity contribution < 1.29 is 56.3 Å². The molecule has 0 radical (unpaired) electrons. The highest BCUT2D eigenvalue weighted by molar-refractivity contribution is 7.93. The summed E-state index contributed by atoms with van der Waals surface area (Å²) in [5.74, 6) is -14.9. The molecule has 33 heavy (non-hydrogen) atoms. The average molecular weight is 528 g/mol. The van der Waals surface area contributed by atoms with E-state index in [9.17, 15) is 52.1 Å². The van der Waals surface area contributed by atoms with Crippen molar-refractivity contribution in [3.63, 3.8) is 0 Å². The second-order valence-corrected chi connectivity index (χ2v) is 9.73. The quantitative estimate of drug-likeness (QED) is 0.424. The van der Waals surface area contributed by atoms with Crippen LogP contribution in [-0.4, -0.2) is 41.3 Å². The summed E-state index contributed by atoms with van der Waals surface area (Å²) in [5, 5.41) is -6.97. The van der Waals surface area contributed by atoms with Crippen LogP contribution >= 0.6 is 0 Å². The van der Waals surface area contributed by atoms with Crippen LogP contribution in [0.1, 0.15) is 5.56 Å². The smallest absolute Gasteiger partial charge is 0.266 e. The molecule has 4 nitrogen and oxygen atoms in total. The first kappa shape index (κ1) is 27.1. The van der Waals surface area contributed by atoms with Crippen molar-refractivity contribution in [2.45, 2.75) is 40.0 Å². The molecule has 2 unspecified atom stereocenters. The number of rotatable bonds is 9. The third kappa shape index (κ3) is 5.04. The lowest BCUT2D eigenvalue weighted by atomic mass is 10.1. The molecule has 0 spiro atoms. The van der Waals surface area contributed by atoms with Gasteiger partial charge in [0.2, 0.25) is 9.84 Å². The van der Waals surface area contributed by atoms with E-state index in [1.807, 2.05) is 0 Å². The topological polar surface area (TPSA) is 60.4 Å². The van der Waals surface area contributed by atoms with Gasteiger partial charge in [-0.3, -0.25) is 4.18 Å². The molecule has 184 valence electrons. The van der Waals surface area contributed by atoms with Crippen LogP contribution in [0, 0.1) is 0 Å². The summed E-state index contributed by atoms with van der Waals surface area (Å²) in [6.07, 6.45) is -8.43. The highest BCUT2D eigenvalue weighted by Gasteiger charge is 2.85. The fourth-order valence-electron chi connectivity index (χ4n) is 2.39. The first-order valence-corrected chi connectivity index (χ1v) is 11.2. The van der Waals surface area contributed by atoms with E-state index in [2.05, 4.69) is 4.18 Å². The monoisotopic (exact) mass is 528 g/mol. The van der Waals surface area contributed by atoms with Gasteiger partial charge >= 0.3 is 23.3 Å². The van der Waals surface area contributed by atoms with Crippen LogP contribution in [0.15, 0.2) is 65.6 Å². The van der Waals surface area contributed by atoms with Gasteiger partial charge in [0.05, 0.1) is 4.90 Å². The minimum atomic E-state index is -7.43. The zero-order chi connectivity index (χ0) is 25.3. The SMILES string of the molecule is O=S(OC(Cc1ccccc1)S(=O)(=O)C(F)(F)C(F)(F)C(F)(F)C(F)(F)F)c1ccccc1. The Balaban J connectivity index is 2.56.